The molecule has 2 amide bonds. The first-order valence-corrected chi connectivity index (χ1v) is 8.22. The molecule has 9 heteroatoms. The van der Waals surface area contributed by atoms with Crippen LogP contribution < -0.4 is 15.4 Å². The number of benzene rings is 1. The van der Waals surface area contributed by atoms with Crippen molar-refractivity contribution in [2.75, 3.05) is 19.8 Å². The minimum Gasteiger partial charge on any atom is -0.479 e. The Balaban J connectivity index is 1.97. The number of amides is 2. The van der Waals surface area contributed by atoms with Crippen molar-refractivity contribution < 1.29 is 28.6 Å². The smallest absolute Gasteiger partial charge is 0.347 e. The maximum absolute atomic E-state index is 12.1. The zero-order valence-electron chi connectivity index (χ0n) is 14.9. The molecule has 0 saturated heterocycles. The van der Waals surface area contributed by atoms with Crippen molar-refractivity contribution in [1.29, 1.82) is 5.26 Å². The minimum atomic E-state index is -0.929. The van der Waals surface area contributed by atoms with Crippen molar-refractivity contribution >= 4 is 18.0 Å². The number of nitrogens with one attached hydrogen (secondary N) is 2. The van der Waals surface area contributed by atoms with Gasteiger partial charge in [-0.05, 0) is 38.1 Å². The monoisotopic (exact) mass is 373 g/mol. The van der Waals surface area contributed by atoms with Crippen LogP contribution in [0, 0.1) is 11.3 Å². The number of esters is 2. The van der Waals surface area contributed by atoms with Crippen LogP contribution in [-0.4, -0.2) is 43.8 Å². The van der Waals surface area contributed by atoms with Crippen LogP contribution in [-0.2, 0) is 19.1 Å². The molecule has 1 heterocycles. The third kappa shape index (κ3) is 5.47. The number of hydrogen-bond donors (Lipinski definition) is 2. The van der Waals surface area contributed by atoms with Crippen LogP contribution in [0.3, 0.4) is 0 Å². The fourth-order valence-corrected chi connectivity index (χ4v) is 2.19. The summed E-state index contributed by atoms with van der Waals surface area (Å²) in [7, 11) is 0. The van der Waals surface area contributed by atoms with Crippen molar-refractivity contribution in [2.24, 2.45) is 0 Å². The quantitative estimate of drug-likeness (QED) is 0.683. The molecule has 1 aromatic carbocycles. The molecular formula is C18H19N3O6. The number of ether oxygens (including phenoxy) is 3. The molecule has 0 bridgehead atoms. The Hall–Kier alpha value is -3.54. The first kappa shape index (κ1) is 19.8. The first-order valence-electron chi connectivity index (χ1n) is 8.22. The Kier molecular flexibility index (Phi) is 6.77. The van der Waals surface area contributed by atoms with E-state index in [4.69, 9.17) is 19.5 Å². The molecule has 0 aromatic heterocycles. The van der Waals surface area contributed by atoms with Gasteiger partial charge in [0, 0.05) is 0 Å². The standard InChI is InChI=1S/C18H19N3O6/c1-3-25-17(23)14-9-20-18(24)21-15(14)10-26-16(22)11(2)27-13-6-4-12(8-19)5-7-13/h4-7,11H,3,9-10H2,1-2H3,(H2,20,21,24). The van der Waals surface area contributed by atoms with Gasteiger partial charge in [0.25, 0.3) is 0 Å². The lowest BCUT2D eigenvalue weighted by molar-refractivity contribution is -0.150. The van der Waals surface area contributed by atoms with Crippen molar-refractivity contribution in [1.82, 2.24) is 10.6 Å². The summed E-state index contributed by atoms with van der Waals surface area (Å²) in [4.78, 5) is 35.5. The Morgan fingerprint density at radius 1 is 1.26 bits per heavy atom. The van der Waals surface area contributed by atoms with Gasteiger partial charge in [-0.3, -0.25) is 0 Å². The number of hydrogen-bond acceptors (Lipinski definition) is 7. The van der Waals surface area contributed by atoms with Crippen LogP contribution in [0.15, 0.2) is 35.5 Å². The summed E-state index contributed by atoms with van der Waals surface area (Å²) in [5, 5.41) is 13.7. The van der Waals surface area contributed by atoms with Crippen LogP contribution in [0.1, 0.15) is 19.4 Å². The highest BCUT2D eigenvalue weighted by atomic mass is 16.6. The van der Waals surface area contributed by atoms with E-state index in [9.17, 15) is 14.4 Å². The van der Waals surface area contributed by atoms with E-state index >= 15 is 0 Å². The van der Waals surface area contributed by atoms with Crippen LogP contribution >= 0.6 is 0 Å². The van der Waals surface area contributed by atoms with E-state index in [0.29, 0.717) is 11.3 Å². The minimum absolute atomic E-state index is 0.0190. The van der Waals surface area contributed by atoms with Gasteiger partial charge >= 0.3 is 18.0 Å². The molecule has 1 aliphatic rings. The lowest BCUT2D eigenvalue weighted by atomic mass is 10.1. The lowest BCUT2D eigenvalue weighted by Gasteiger charge is -2.21. The zero-order valence-corrected chi connectivity index (χ0v) is 14.9. The van der Waals surface area contributed by atoms with E-state index in [0.717, 1.165) is 0 Å². The molecule has 0 fully saturated rings. The number of urea groups is 1. The molecule has 2 rings (SSSR count). The van der Waals surface area contributed by atoms with Gasteiger partial charge in [-0.2, -0.15) is 5.26 Å². The Morgan fingerprint density at radius 2 is 1.96 bits per heavy atom. The molecule has 1 aliphatic heterocycles. The van der Waals surface area contributed by atoms with Crippen LogP contribution in [0.4, 0.5) is 4.79 Å². The van der Waals surface area contributed by atoms with Gasteiger partial charge in [-0.25, -0.2) is 14.4 Å². The molecule has 0 spiro atoms. The van der Waals surface area contributed by atoms with Gasteiger partial charge in [0.05, 0.1) is 36.1 Å². The second-order valence-corrected chi connectivity index (χ2v) is 5.49. The molecule has 9 nitrogen and oxygen atoms in total. The summed E-state index contributed by atoms with van der Waals surface area (Å²) in [5.74, 6) is -0.874. The molecule has 0 radical (unpaired) electrons. The summed E-state index contributed by atoms with van der Waals surface area (Å²) >= 11 is 0. The normalized spacial score (nSPS) is 14.3. The van der Waals surface area contributed by atoms with Gasteiger partial charge in [0.15, 0.2) is 6.10 Å². The van der Waals surface area contributed by atoms with Gasteiger partial charge < -0.3 is 24.8 Å². The average molecular weight is 373 g/mol. The van der Waals surface area contributed by atoms with Gasteiger partial charge in [0.1, 0.15) is 12.4 Å². The molecule has 27 heavy (non-hydrogen) atoms. The van der Waals surface area contributed by atoms with Gasteiger partial charge in [0.2, 0.25) is 0 Å². The Labute approximate surface area is 155 Å². The average Bonchev–Trinajstić information content (AvgIpc) is 2.66. The van der Waals surface area contributed by atoms with Crippen molar-refractivity contribution in [3.05, 3.63) is 41.1 Å². The second kappa shape index (κ2) is 9.24. The summed E-state index contributed by atoms with van der Waals surface area (Å²) < 4.78 is 15.5. The number of carbonyl (C=O) groups is 3. The van der Waals surface area contributed by atoms with Crippen molar-refractivity contribution in [3.8, 4) is 11.8 Å². The largest absolute Gasteiger partial charge is 0.479 e. The topological polar surface area (TPSA) is 127 Å². The van der Waals surface area contributed by atoms with Gasteiger partial charge in [-0.1, -0.05) is 0 Å². The number of rotatable bonds is 7. The number of nitriles is 1. The molecule has 142 valence electrons. The number of carbonyl (C=O) groups excluding carboxylic acids is 3. The van der Waals surface area contributed by atoms with E-state index in [1.54, 1.807) is 31.2 Å². The Morgan fingerprint density at radius 3 is 2.59 bits per heavy atom. The van der Waals surface area contributed by atoms with Crippen LogP contribution in [0.25, 0.3) is 0 Å². The van der Waals surface area contributed by atoms with E-state index in [-0.39, 0.29) is 31.0 Å². The summed E-state index contributed by atoms with van der Waals surface area (Å²) in [6.45, 7) is 3.02. The predicted molar refractivity (Wildman–Crippen MR) is 92.4 cm³/mol. The fraction of sp³-hybridized carbons (Fsp3) is 0.333. The molecule has 1 atom stereocenters. The third-order valence-corrected chi connectivity index (χ3v) is 3.56. The maximum atomic E-state index is 12.1. The van der Waals surface area contributed by atoms with E-state index in [2.05, 4.69) is 10.6 Å². The summed E-state index contributed by atoms with van der Waals surface area (Å²) in [5.41, 5.74) is 0.818. The van der Waals surface area contributed by atoms with Gasteiger partial charge in [-0.15, -0.1) is 0 Å². The molecule has 2 N–H and O–H groups in total. The highest BCUT2D eigenvalue weighted by Crippen LogP contribution is 2.14. The van der Waals surface area contributed by atoms with Crippen LogP contribution in [0.2, 0.25) is 0 Å². The summed E-state index contributed by atoms with van der Waals surface area (Å²) in [6, 6.07) is 7.74. The lowest BCUT2D eigenvalue weighted by Crippen LogP contribution is -2.45. The fourth-order valence-electron chi connectivity index (χ4n) is 2.19. The van der Waals surface area contributed by atoms with Crippen molar-refractivity contribution in [2.45, 2.75) is 20.0 Å². The maximum Gasteiger partial charge on any atom is 0.347 e. The molecule has 1 aromatic rings. The first-order chi connectivity index (χ1) is 12.9. The molecule has 0 saturated carbocycles. The molecular weight excluding hydrogens is 354 g/mol. The number of nitrogens with zero attached hydrogens (tertiary/aromatic N) is 1. The van der Waals surface area contributed by atoms with Crippen molar-refractivity contribution in [3.63, 3.8) is 0 Å². The predicted octanol–water partition coefficient (Wildman–Crippen LogP) is 0.999. The van der Waals surface area contributed by atoms with E-state index in [1.807, 2.05) is 6.07 Å². The molecule has 0 aliphatic carbocycles. The van der Waals surface area contributed by atoms with E-state index < -0.39 is 24.1 Å². The Bertz CT molecular complexity index is 794. The zero-order chi connectivity index (χ0) is 19.8. The third-order valence-electron chi connectivity index (χ3n) is 3.56. The summed E-state index contributed by atoms with van der Waals surface area (Å²) in [6.07, 6.45) is -0.929. The second-order valence-electron chi connectivity index (χ2n) is 5.49. The highest BCUT2D eigenvalue weighted by molar-refractivity contribution is 5.93. The SMILES string of the molecule is CCOC(=O)C1=C(COC(=O)C(C)Oc2ccc(C#N)cc2)NC(=O)NC1. The molecule has 1 unspecified atom stereocenters. The van der Waals surface area contributed by atoms with E-state index in [1.165, 1.54) is 6.92 Å². The van der Waals surface area contributed by atoms with Crippen LogP contribution in [0.5, 0.6) is 5.75 Å². The highest BCUT2D eigenvalue weighted by Gasteiger charge is 2.25.